The van der Waals surface area contributed by atoms with Crippen molar-refractivity contribution in [1.82, 2.24) is 5.32 Å². The van der Waals surface area contributed by atoms with Crippen molar-refractivity contribution in [2.75, 3.05) is 6.54 Å². The van der Waals surface area contributed by atoms with Crippen molar-refractivity contribution >= 4 is 6.09 Å². The first-order valence-electron chi connectivity index (χ1n) is 16.2. The van der Waals surface area contributed by atoms with E-state index >= 15 is 0 Å². The number of rotatable bonds is 4. The molecule has 5 saturated carbocycles. The first-order chi connectivity index (χ1) is 18.2. The molecule has 3 N–H and O–H groups in total. The van der Waals surface area contributed by atoms with Crippen LogP contribution in [0.4, 0.5) is 4.79 Å². The minimum atomic E-state index is -0.520. The maximum Gasteiger partial charge on any atom is 0.407 e. The lowest BCUT2D eigenvalue weighted by molar-refractivity contribution is -0.184. The topological polar surface area (TPSA) is 88.0 Å². The molecular weight excluding hydrogens is 490 g/mol. The zero-order valence-electron chi connectivity index (χ0n) is 25.8. The van der Waals surface area contributed by atoms with Gasteiger partial charge in [0.1, 0.15) is 6.10 Å². The highest BCUT2D eigenvalue weighted by atomic mass is 16.6. The number of ether oxygens (including phenoxy) is 2. The number of carbonyl (C=O) groups excluding carboxylic acids is 1. The van der Waals surface area contributed by atoms with E-state index in [9.17, 15) is 15.0 Å². The molecule has 6 heteroatoms. The maximum atomic E-state index is 12.4. The van der Waals surface area contributed by atoms with Crippen LogP contribution >= 0.6 is 0 Å². The van der Waals surface area contributed by atoms with E-state index in [0.717, 1.165) is 32.1 Å². The number of aliphatic hydroxyl groups is 2. The van der Waals surface area contributed by atoms with Crippen LogP contribution < -0.4 is 5.32 Å². The Hall–Kier alpha value is -0.850. The highest BCUT2D eigenvalue weighted by molar-refractivity contribution is 5.67. The van der Waals surface area contributed by atoms with Crippen molar-refractivity contribution in [3.63, 3.8) is 0 Å². The van der Waals surface area contributed by atoms with Crippen LogP contribution in [0.1, 0.15) is 107 Å². The number of alkyl carbamates (subject to hydrolysis) is 1. The molecule has 1 saturated heterocycles. The van der Waals surface area contributed by atoms with E-state index < -0.39 is 6.10 Å². The molecule has 6 aliphatic rings. The minimum absolute atomic E-state index is 0.0193. The van der Waals surface area contributed by atoms with Crippen LogP contribution in [0, 0.1) is 56.7 Å². The Kier molecular flexibility index (Phi) is 6.40. The average Bonchev–Trinajstić information content (AvgIpc) is 3.50. The SMILES string of the molecule is CCNC(=O)OC(C(C)C)C1C[C@@H](C)[C@H]2C(O1)[C@H](O)[C@@]1(C)C3CCC4C(C)(C)C(O)CCC45CC35CCC21C. The standard InChI is InChI=1S/C33H55NO5/c1-9-34-28(37)39-25(18(2)3)20-16-19(4)24-26(38-20)27(36)31(8)22-11-10-21-29(5,6)23(35)12-13-32(21)17-33(22,32)15-14-30(24,31)7/h18-27,35-36H,9-17H2,1-8H3,(H,34,37)/t19-,20?,21?,22?,23?,24+,25?,26?,27+,30?,31-,32?,33?/m1/s1. The van der Waals surface area contributed by atoms with Gasteiger partial charge in [-0.15, -0.1) is 0 Å². The third-order valence-corrected chi connectivity index (χ3v) is 14.4. The van der Waals surface area contributed by atoms with E-state index in [-0.39, 0.29) is 52.7 Å². The van der Waals surface area contributed by atoms with Gasteiger partial charge in [-0.25, -0.2) is 4.79 Å². The Bertz CT molecular complexity index is 999. The second-order valence-corrected chi connectivity index (χ2v) is 16.2. The van der Waals surface area contributed by atoms with Gasteiger partial charge in [0.2, 0.25) is 0 Å². The molecule has 0 bridgehead atoms. The monoisotopic (exact) mass is 545 g/mol. The first-order valence-corrected chi connectivity index (χ1v) is 16.2. The average molecular weight is 546 g/mol. The largest absolute Gasteiger partial charge is 0.443 e. The second kappa shape index (κ2) is 8.83. The van der Waals surface area contributed by atoms with Crippen LogP contribution in [0.5, 0.6) is 0 Å². The number of aliphatic hydroxyl groups excluding tert-OH is 2. The summed E-state index contributed by atoms with van der Waals surface area (Å²) in [6.07, 6.45) is 7.07. The van der Waals surface area contributed by atoms with E-state index in [4.69, 9.17) is 9.47 Å². The van der Waals surface area contributed by atoms with Crippen molar-refractivity contribution in [3.8, 4) is 0 Å². The third kappa shape index (κ3) is 3.40. The lowest BCUT2D eigenvalue weighted by Gasteiger charge is -2.63. The molecule has 0 radical (unpaired) electrons. The molecule has 0 aromatic heterocycles. The van der Waals surface area contributed by atoms with Gasteiger partial charge in [-0.3, -0.25) is 0 Å². The lowest BCUT2D eigenvalue weighted by atomic mass is 9.41. The first kappa shape index (κ1) is 28.3. The molecule has 6 nitrogen and oxygen atoms in total. The van der Waals surface area contributed by atoms with Crippen LogP contribution in [-0.2, 0) is 9.47 Å². The van der Waals surface area contributed by atoms with E-state index in [0.29, 0.717) is 41.0 Å². The number of carbonyl (C=O) groups is 1. The summed E-state index contributed by atoms with van der Waals surface area (Å²) in [5.41, 5.74) is 0.435. The van der Waals surface area contributed by atoms with Crippen molar-refractivity contribution in [1.29, 1.82) is 0 Å². The smallest absolute Gasteiger partial charge is 0.407 e. The molecule has 0 aromatic rings. The Morgan fingerprint density at radius 2 is 1.69 bits per heavy atom. The number of nitrogens with one attached hydrogen (secondary N) is 1. The van der Waals surface area contributed by atoms with Gasteiger partial charge in [0.05, 0.1) is 24.4 Å². The van der Waals surface area contributed by atoms with Gasteiger partial charge in [0, 0.05) is 12.0 Å². The van der Waals surface area contributed by atoms with Gasteiger partial charge in [-0.1, -0.05) is 48.5 Å². The van der Waals surface area contributed by atoms with Gasteiger partial charge >= 0.3 is 6.09 Å². The summed E-state index contributed by atoms with van der Waals surface area (Å²) in [4.78, 5) is 12.4. The fourth-order valence-corrected chi connectivity index (χ4v) is 12.5. The van der Waals surface area contributed by atoms with Gasteiger partial charge in [-0.2, -0.15) is 0 Å². The number of hydrogen-bond acceptors (Lipinski definition) is 5. The molecule has 1 heterocycles. The summed E-state index contributed by atoms with van der Waals surface area (Å²) >= 11 is 0. The summed E-state index contributed by atoms with van der Waals surface area (Å²) in [6, 6.07) is 0. The molecule has 6 rings (SSSR count). The van der Waals surface area contributed by atoms with Crippen molar-refractivity contribution < 1.29 is 24.5 Å². The number of hydrogen-bond donors (Lipinski definition) is 3. The Morgan fingerprint density at radius 3 is 2.36 bits per heavy atom. The van der Waals surface area contributed by atoms with E-state index in [1.165, 1.54) is 19.3 Å². The van der Waals surface area contributed by atoms with Crippen LogP contribution in [-0.4, -0.2) is 53.4 Å². The zero-order valence-corrected chi connectivity index (χ0v) is 25.8. The van der Waals surface area contributed by atoms with Crippen molar-refractivity contribution in [2.45, 2.75) is 137 Å². The molecular formula is C33H55NO5. The maximum absolute atomic E-state index is 12.4. The zero-order chi connectivity index (χ0) is 28.3. The van der Waals surface area contributed by atoms with Crippen LogP contribution in [0.3, 0.4) is 0 Å². The predicted octanol–water partition coefficient (Wildman–Crippen LogP) is 5.93. The fraction of sp³-hybridized carbons (Fsp3) is 0.970. The van der Waals surface area contributed by atoms with Crippen molar-refractivity contribution in [3.05, 3.63) is 0 Å². The third-order valence-electron chi connectivity index (χ3n) is 14.4. The molecule has 9 unspecified atom stereocenters. The number of amides is 1. The highest BCUT2D eigenvalue weighted by Crippen LogP contribution is 2.89. The van der Waals surface area contributed by atoms with Crippen LogP contribution in [0.15, 0.2) is 0 Å². The van der Waals surface area contributed by atoms with Gasteiger partial charge in [0.15, 0.2) is 0 Å². The lowest BCUT2D eigenvalue weighted by Crippen LogP contribution is -2.59. The number of fused-ring (bicyclic) bond motifs is 4. The Morgan fingerprint density at radius 1 is 1.03 bits per heavy atom. The molecule has 6 fully saturated rings. The minimum Gasteiger partial charge on any atom is -0.443 e. The van der Waals surface area contributed by atoms with Gasteiger partial charge in [-0.05, 0) is 110 Å². The Labute approximate surface area is 236 Å². The van der Waals surface area contributed by atoms with Gasteiger partial charge in [0.25, 0.3) is 0 Å². The van der Waals surface area contributed by atoms with E-state index in [1.807, 2.05) is 6.92 Å². The predicted molar refractivity (Wildman–Crippen MR) is 151 cm³/mol. The molecule has 222 valence electrons. The fourth-order valence-electron chi connectivity index (χ4n) is 12.5. The van der Waals surface area contributed by atoms with Crippen LogP contribution in [0.2, 0.25) is 0 Å². The quantitative estimate of drug-likeness (QED) is 0.407. The summed E-state index contributed by atoms with van der Waals surface area (Å²) in [5, 5.41) is 26.1. The van der Waals surface area contributed by atoms with Crippen molar-refractivity contribution in [2.24, 2.45) is 56.7 Å². The molecule has 0 aromatic carbocycles. The van der Waals surface area contributed by atoms with E-state index in [1.54, 1.807) is 0 Å². The summed E-state index contributed by atoms with van der Waals surface area (Å²) in [5.74, 6) is 1.89. The summed E-state index contributed by atoms with van der Waals surface area (Å²) < 4.78 is 12.8. The Balaban J connectivity index is 1.31. The molecule has 13 atom stereocenters. The molecule has 1 amide bonds. The normalized spacial score (nSPS) is 53.9. The molecule has 2 spiro atoms. The molecule has 5 aliphatic carbocycles. The second-order valence-electron chi connectivity index (χ2n) is 16.2. The van der Waals surface area contributed by atoms with Gasteiger partial charge < -0.3 is 25.0 Å². The molecule has 1 aliphatic heterocycles. The van der Waals surface area contributed by atoms with Crippen LogP contribution in [0.25, 0.3) is 0 Å². The summed E-state index contributed by atoms with van der Waals surface area (Å²) in [7, 11) is 0. The van der Waals surface area contributed by atoms with E-state index in [2.05, 4.69) is 53.8 Å². The summed E-state index contributed by atoms with van der Waals surface area (Å²) in [6.45, 7) is 18.5. The highest BCUT2D eigenvalue weighted by Gasteiger charge is 2.84. The molecule has 39 heavy (non-hydrogen) atoms.